The Hall–Kier alpha value is -0.516. The smallest absolute Gasteiger partial charge is 0.462 e. The second kappa shape index (κ2) is 13.0. The molecule has 0 aromatic carbocycles. The van der Waals surface area contributed by atoms with Crippen molar-refractivity contribution in [3.63, 3.8) is 0 Å². The van der Waals surface area contributed by atoms with Crippen LogP contribution in [-0.4, -0.2) is 50.5 Å². The molecule has 0 aromatic heterocycles. The van der Waals surface area contributed by atoms with Gasteiger partial charge in [0.25, 0.3) is 0 Å². The van der Waals surface area contributed by atoms with Crippen LogP contribution >= 0.6 is 0 Å². The largest absolute Gasteiger partial charge is 0.668 e. The molecule has 22 heavy (non-hydrogen) atoms. The Kier molecular flexibility index (Phi) is 12.7. The van der Waals surface area contributed by atoms with E-state index in [4.69, 9.17) is 22.1 Å². The highest BCUT2D eigenvalue weighted by Gasteiger charge is 2.45. The van der Waals surface area contributed by atoms with Crippen molar-refractivity contribution < 1.29 is 26.9 Å². The summed E-state index contributed by atoms with van der Waals surface area (Å²) < 4.78 is 28.4. The molecule has 0 aliphatic heterocycles. The molecule has 0 atom stereocenters. The summed E-state index contributed by atoms with van der Waals surface area (Å²) in [6, 6.07) is 0. The standard InChI is InChI=1S/C14H30O6Si2/c1-6-10-17-22(18-11-7-2,20-21(4)5)19-13-9-12-16-14(15)8-3/h8,21H,3,6-7,9-13H2,1-2,4-5H3. The number of esters is 1. The summed E-state index contributed by atoms with van der Waals surface area (Å²) in [6.07, 6.45) is 3.44. The van der Waals surface area contributed by atoms with Crippen LogP contribution < -0.4 is 0 Å². The summed E-state index contributed by atoms with van der Waals surface area (Å²) in [7, 11) is -4.46. The molecule has 0 bridgehead atoms. The monoisotopic (exact) mass is 350 g/mol. The number of carbonyl (C=O) groups excluding carboxylic acids is 1. The summed E-state index contributed by atoms with van der Waals surface area (Å²) in [5.41, 5.74) is 0. The van der Waals surface area contributed by atoms with E-state index in [0.717, 1.165) is 18.9 Å². The maximum absolute atomic E-state index is 11.0. The number of hydrogen-bond donors (Lipinski definition) is 0. The topological polar surface area (TPSA) is 63.2 Å². The average molecular weight is 351 g/mol. The van der Waals surface area contributed by atoms with Gasteiger partial charge >= 0.3 is 15.0 Å². The van der Waals surface area contributed by atoms with E-state index in [0.29, 0.717) is 26.2 Å². The number of carbonyl (C=O) groups is 1. The summed E-state index contributed by atoms with van der Waals surface area (Å²) in [6.45, 7) is 13.2. The molecule has 0 aliphatic carbocycles. The molecular weight excluding hydrogens is 320 g/mol. The van der Waals surface area contributed by atoms with Crippen molar-refractivity contribution in [2.24, 2.45) is 0 Å². The van der Waals surface area contributed by atoms with Gasteiger partial charge < -0.3 is 22.1 Å². The highest BCUT2D eigenvalue weighted by atomic mass is 28.4. The minimum Gasteiger partial charge on any atom is -0.462 e. The predicted octanol–water partition coefficient (Wildman–Crippen LogP) is 2.41. The fourth-order valence-corrected chi connectivity index (χ4v) is 6.14. The van der Waals surface area contributed by atoms with E-state index in [1.807, 2.05) is 13.8 Å². The van der Waals surface area contributed by atoms with Crippen molar-refractivity contribution in [2.45, 2.75) is 46.2 Å². The van der Waals surface area contributed by atoms with Gasteiger partial charge in [-0.1, -0.05) is 20.4 Å². The van der Waals surface area contributed by atoms with E-state index in [1.165, 1.54) is 0 Å². The average Bonchev–Trinajstić information content (AvgIpc) is 2.49. The zero-order chi connectivity index (χ0) is 16.8. The molecule has 0 N–H and O–H groups in total. The van der Waals surface area contributed by atoms with Gasteiger partial charge in [0.05, 0.1) is 6.61 Å². The van der Waals surface area contributed by atoms with Crippen LogP contribution in [0.2, 0.25) is 13.1 Å². The summed E-state index contributed by atoms with van der Waals surface area (Å²) in [5, 5.41) is 0. The Balaban J connectivity index is 4.45. The van der Waals surface area contributed by atoms with Crippen LogP contribution in [0.15, 0.2) is 12.7 Å². The van der Waals surface area contributed by atoms with Crippen LogP contribution in [0.1, 0.15) is 33.1 Å². The van der Waals surface area contributed by atoms with Crippen LogP contribution in [0, 0.1) is 0 Å². The lowest BCUT2D eigenvalue weighted by Crippen LogP contribution is -2.52. The second-order valence-corrected chi connectivity index (χ2v) is 9.84. The lowest BCUT2D eigenvalue weighted by atomic mass is 10.5. The van der Waals surface area contributed by atoms with Gasteiger partial charge in [-0.25, -0.2) is 4.79 Å². The second-order valence-electron chi connectivity index (χ2n) is 4.94. The summed E-state index contributed by atoms with van der Waals surface area (Å²) in [4.78, 5) is 11.0. The summed E-state index contributed by atoms with van der Waals surface area (Å²) >= 11 is 0. The van der Waals surface area contributed by atoms with E-state index in [9.17, 15) is 4.79 Å². The van der Waals surface area contributed by atoms with Gasteiger partial charge in [-0.2, -0.15) is 0 Å². The van der Waals surface area contributed by atoms with Crippen LogP contribution in [0.25, 0.3) is 0 Å². The van der Waals surface area contributed by atoms with Gasteiger partial charge in [-0.15, -0.1) is 0 Å². The number of hydrogen-bond acceptors (Lipinski definition) is 6. The fraction of sp³-hybridized carbons (Fsp3) is 0.786. The van der Waals surface area contributed by atoms with E-state index >= 15 is 0 Å². The zero-order valence-electron chi connectivity index (χ0n) is 14.3. The van der Waals surface area contributed by atoms with E-state index < -0.39 is 24.1 Å². The van der Waals surface area contributed by atoms with Gasteiger partial charge in [0.2, 0.25) is 0 Å². The van der Waals surface area contributed by atoms with Crippen LogP contribution in [0.3, 0.4) is 0 Å². The van der Waals surface area contributed by atoms with Gasteiger partial charge in [0.15, 0.2) is 9.04 Å². The molecule has 0 amide bonds. The molecule has 0 unspecified atom stereocenters. The first kappa shape index (κ1) is 21.5. The highest BCUT2D eigenvalue weighted by Crippen LogP contribution is 2.15. The molecule has 0 saturated carbocycles. The van der Waals surface area contributed by atoms with Crippen molar-refractivity contribution in [2.75, 3.05) is 26.4 Å². The molecule has 0 radical (unpaired) electrons. The van der Waals surface area contributed by atoms with Crippen molar-refractivity contribution in [3.8, 4) is 0 Å². The molecular formula is C14H30O6Si2. The quantitative estimate of drug-likeness (QED) is 0.207. The minimum atomic E-state index is -3.08. The highest BCUT2D eigenvalue weighted by molar-refractivity contribution is 6.66. The zero-order valence-corrected chi connectivity index (χ0v) is 16.4. The lowest BCUT2D eigenvalue weighted by Gasteiger charge is -2.29. The van der Waals surface area contributed by atoms with Gasteiger partial charge in [-0.3, -0.25) is 0 Å². The third-order valence-electron chi connectivity index (χ3n) is 2.32. The SMILES string of the molecule is C=CC(=O)OCCCO[Si](OCCC)(OCCC)O[SiH](C)C. The molecule has 8 heteroatoms. The predicted molar refractivity (Wildman–Crippen MR) is 89.9 cm³/mol. The first-order valence-electron chi connectivity index (χ1n) is 7.88. The fourth-order valence-electron chi connectivity index (χ4n) is 1.46. The van der Waals surface area contributed by atoms with Crippen LogP contribution in [0.4, 0.5) is 0 Å². The molecule has 0 saturated heterocycles. The Morgan fingerprint density at radius 3 is 2.05 bits per heavy atom. The molecule has 6 nitrogen and oxygen atoms in total. The normalized spacial score (nSPS) is 11.7. The molecule has 0 heterocycles. The van der Waals surface area contributed by atoms with Crippen molar-refractivity contribution in [1.82, 2.24) is 0 Å². The van der Waals surface area contributed by atoms with Crippen molar-refractivity contribution >= 4 is 24.1 Å². The Morgan fingerprint density at radius 1 is 1.05 bits per heavy atom. The van der Waals surface area contributed by atoms with Gasteiger partial charge in [0, 0.05) is 32.3 Å². The minimum absolute atomic E-state index is 0.274. The van der Waals surface area contributed by atoms with Gasteiger partial charge in [-0.05, 0) is 25.9 Å². The molecule has 0 aliphatic rings. The van der Waals surface area contributed by atoms with Crippen molar-refractivity contribution in [3.05, 3.63) is 12.7 Å². The van der Waals surface area contributed by atoms with Crippen LogP contribution in [0.5, 0.6) is 0 Å². The maximum Gasteiger partial charge on any atom is 0.668 e. The summed E-state index contributed by atoms with van der Waals surface area (Å²) in [5.74, 6) is -0.432. The van der Waals surface area contributed by atoms with Crippen LogP contribution in [-0.2, 0) is 26.9 Å². The lowest BCUT2D eigenvalue weighted by molar-refractivity contribution is -0.138. The molecule has 0 fully saturated rings. The van der Waals surface area contributed by atoms with E-state index in [1.54, 1.807) is 0 Å². The number of ether oxygens (including phenoxy) is 1. The maximum atomic E-state index is 11.0. The molecule has 0 spiro atoms. The Bertz CT molecular complexity index is 304. The van der Waals surface area contributed by atoms with Crippen molar-refractivity contribution in [1.29, 1.82) is 0 Å². The Morgan fingerprint density at radius 2 is 1.59 bits per heavy atom. The van der Waals surface area contributed by atoms with Gasteiger partial charge in [0.1, 0.15) is 0 Å². The number of rotatable bonds is 14. The first-order valence-corrected chi connectivity index (χ1v) is 12.3. The third kappa shape index (κ3) is 10.3. The van der Waals surface area contributed by atoms with E-state index in [2.05, 4.69) is 19.7 Å². The Labute approximate surface area is 136 Å². The molecule has 130 valence electrons. The molecule has 0 rings (SSSR count). The molecule has 0 aromatic rings. The first-order chi connectivity index (χ1) is 10.5. The van der Waals surface area contributed by atoms with E-state index in [-0.39, 0.29) is 6.61 Å². The third-order valence-corrected chi connectivity index (χ3v) is 7.04.